The second-order valence-electron chi connectivity index (χ2n) is 6.77. The number of nitrogens with zero attached hydrogens (tertiary/aromatic N) is 4. The lowest BCUT2D eigenvalue weighted by Gasteiger charge is -2.24. The minimum atomic E-state index is 0.00419. The third kappa shape index (κ3) is 2.40. The molecule has 4 rings (SSSR count). The van der Waals surface area contributed by atoms with Gasteiger partial charge in [0.25, 0.3) is 5.56 Å². The third-order valence-corrected chi connectivity index (χ3v) is 4.69. The van der Waals surface area contributed by atoms with Crippen molar-refractivity contribution in [2.75, 3.05) is 18.0 Å². The third-order valence-electron chi connectivity index (χ3n) is 4.69. The molecule has 0 spiro atoms. The zero-order valence-corrected chi connectivity index (χ0v) is 14.3. The van der Waals surface area contributed by atoms with Gasteiger partial charge < -0.3 is 10.00 Å². The van der Waals surface area contributed by atoms with Gasteiger partial charge in [0.1, 0.15) is 5.82 Å². The molecule has 0 saturated heterocycles. The van der Waals surface area contributed by atoms with Crippen molar-refractivity contribution in [3.8, 4) is 0 Å². The molecule has 7 nitrogen and oxygen atoms in total. The van der Waals surface area contributed by atoms with Crippen LogP contribution in [0.1, 0.15) is 42.4 Å². The van der Waals surface area contributed by atoms with Crippen LogP contribution in [0.4, 0.5) is 5.82 Å². The summed E-state index contributed by atoms with van der Waals surface area (Å²) in [6, 6.07) is 4.15. The number of aromatic nitrogens is 5. The van der Waals surface area contributed by atoms with E-state index in [9.17, 15) is 4.79 Å². The van der Waals surface area contributed by atoms with Crippen molar-refractivity contribution >= 4 is 11.5 Å². The molecule has 0 atom stereocenters. The molecule has 0 unspecified atom stereocenters. The predicted octanol–water partition coefficient (Wildman–Crippen LogP) is 1.78. The van der Waals surface area contributed by atoms with E-state index in [0.29, 0.717) is 5.92 Å². The molecule has 126 valence electrons. The van der Waals surface area contributed by atoms with Gasteiger partial charge in [-0.15, -0.1) is 0 Å². The van der Waals surface area contributed by atoms with Crippen molar-refractivity contribution in [3.05, 3.63) is 45.1 Å². The van der Waals surface area contributed by atoms with Crippen LogP contribution < -0.4 is 10.5 Å². The molecule has 0 aliphatic carbocycles. The predicted molar refractivity (Wildman–Crippen MR) is 92.8 cm³/mol. The molecule has 24 heavy (non-hydrogen) atoms. The topological polar surface area (TPSA) is 82.1 Å². The number of hydrogen-bond acceptors (Lipinski definition) is 4. The number of hydrogen-bond donors (Lipinski definition) is 2. The van der Waals surface area contributed by atoms with Gasteiger partial charge in [0.2, 0.25) is 0 Å². The molecule has 0 radical (unpaired) electrons. The van der Waals surface area contributed by atoms with Crippen molar-refractivity contribution in [2.24, 2.45) is 0 Å². The summed E-state index contributed by atoms with van der Waals surface area (Å²) in [5.74, 6) is 1.41. The van der Waals surface area contributed by atoms with Crippen molar-refractivity contribution in [3.63, 3.8) is 0 Å². The van der Waals surface area contributed by atoms with Crippen molar-refractivity contribution in [2.45, 2.75) is 39.5 Å². The van der Waals surface area contributed by atoms with Crippen LogP contribution in [-0.4, -0.2) is 37.9 Å². The molecule has 1 aliphatic heterocycles. The Kier molecular flexibility index (Phi) is 3.44. The van der Waals surface area contributed by atoms with Gasteiger partial charge in [-0.25, -0.2) is 4.98 Å². The molecule has 1 aliphatic rings. The van der Waals surface area contributed by atoms with Crippen molar-refractivity contribution in [1.82, 2.24) is 24.8 Å². The molecule has 0 saturated carbocycles. The van der Waals surface area contributed by atoms with Crippen LogP contribution in [0.15, 0.2) is 16.9 Å². The van der Waals surface area contributed by atoms with E-state index in [4.69, 9.17) is 4.98 Å². The van der Waals surface area contributed by atoms with E-state index in [1.54, 1.807) is 0 Å². The van der Waals surface area contributed by atoms with Crippen LogP contribution in [0.2, 0.25) is 0 Å². The monoisotopic (exact) mass is 326 g/mol. The van der Waals surface area contributed by atoms with Gasteiger partial charge in [-0.3, -0.25) is 9.89 Å². The van der Waals surface area contributed by atoms with Gasteiger partial charge in [-0.05, 0) is 19.3 Å². The molecule has 0 fully saturated rings. The molecule has 2 N–H and O–H groups in total. The number of anilines is 1. The Bertz CT molecular complexity index is 948. The van der Waals surface area contributed by atoms with Gasteiger partial charge in [0.05, 0.1) is 5.69 Å². The van der Waals surface area contributed by atoms with Gasteiger partial charge in [0, 0.05) is 48.6 Å². The van der Waals surface area contributed by atoms with Crippen LogP contribution >= 0.6 is 0 Å². The zero-order chi connectivity index (χ0) is 16.8. The Morgan fingerprint density at radius 3 is 2.75 bits per heavy atom. The molecular formula is C17H22N6O. The fourth-order valence-corrected chi connectivity index (χ4v) is 3.35. The molecule has 3 aromatic heterocycles. The molecule has 0 aromatic carbocycles. The average Bonchev–Trinajstić information content (AvgIpc) is 3.00. The largest absolute Gasteiger partial charge is 0.356 e. The maximum atomic E-state index is 11.9. The maximum Gasteiger partial charge on any atom is 0.267 e. The van der Waals surface area contributed by atoms with Crippen LogP contribution in [0, 0.1) is 6.92 Å². The SMILES string of the molecule is Cc1cc2nc(C(C)C)cc(N3CCc4[nH][nH]c(=O)c4CC3)n2n1. The van der Waals surface area contributed by atoms with Crippen molar-refractivity contribution < 1.29 is 0 Å². The number of aryl methyl sites for hydroxylation is 1. The first-order chi connectivity index (χ1) is 11.5. The summed E-state index contributed by atoms with van der Waals surface area (Å²) in [5, 5.41) is 10.3. The Balaban J connectivity index is 1.77. The summed E-state index contributed by atoms with van der Waals surface area (Å²) >= 11 is 0. The molecule has 4 heterocycles. The standard InChI is InChI=1S/C17H22N6O/c1-10(2)14-9-16(23-15(18-14)8-11(3)21-23)22-6-4-12-13(5-7-22)19-20-17(12)24/h8-10H,4-7H2,1-3H3,(H2,19,20,24). The van der Waals surface area contributed by atoms with Crippen molar-refractivity contribution in [1.29, 1.82) is 0 Å². The summed E-state index contributed by atoms with van der Waals surface area (Å²) in [4.78, 5) is 18.9. The summed E-state index contributed by atoms with van der Waals surface area (Å²) in [6.07, 6.45) is 1.55. The Morgan fingerprint density at radius 1 is 1.17 bits per heavy atom. The molecule has 0 amide bonds. The van der Waals surface area contributed by atoms with Gasteiger partial charge >= 0.3 is 0 Å². The Labute approximate surface area is 139 Å². The van der Waals surface area contributed by atoms with E-state index in [1.807, 2.05) is 17.5 Å². The van der Waals surface area contributed by atoms with Gasteiger partial charge in [-0.2, -0.15) is 9.61 Å². The number of aromatic amines is 2. The van der Waals surface area contributed by atoms with E-state index in [1.165, 1.54) is 0 Å². The summed E-state index contributed by atoms with van der Waals surface area (Å²) in [7, 11) is 0. The van der Waals surface area contributed by atoms with Crippen LogP contribution in [0.25, 0.3) is 5.65 Å². The summed E-state index contributed by atoms with van der Waals surface area (Å²) in [6.45, 7) is 7.93. The second kappa shape index (κ2) is 5.51. The molecular weight excluding hydrogens is 304 g/mol. The lowest BCUT2D eigenvalue weighted by atomic mass is 10.1. The second-order valence-corrected chi connectivity index (χ2v) is 6.77. The van der Waals surface area contributed by atoms with E-state index in [2.05, 4.69) is 40.1 Å². The Morgan fingerprint density at radius 2 is 1.96 bits per heavy atom. The maximum absolute atomic E-state index is 11.9. The summed E-state index contributed by atoms with van der Waals surface area (Å²) in [5.41, 5.74) is 4.81. The van der Waals surface area contributed by atoms with Gasteiger partial charge in [0.15, 0.2) is 5.65 Å². The first-order valence-corrected chi connectivity index (χ1v) is 8.43. The number of nitrogens with one attached hydrogen (secondary N) is 2. The quantitative estimate of drug-likeness (QED) is 0.752. The zero-order valence-electron chi connectivity index (χ0n) is 14.3. The van der Waals surface area contributed by atoms with Crippen LogP contribution in [-0.2, 0) is 12.8 Å². The minimum Gasteiger partial charge on any atom is -0.356 e. The lowest BCUT2D eigenvalue weighted by molar-refractivity contribution is 0.736. The number of rotatable bonds is 2. The van der Waals surface area contributed by atoms with E-state index in [-0.39, 0.29) is 5.56 Å². The summed E-state index contributed by atoms with van der Waals surface area (Å²) < 4.78 is 1.92. The Hall–Kier alpha value is -2.57. The van der Waals surface area contributed by atoms with E-state index in [0.717, 1.165) is 60.0 Å². The van der Waals surface area contributed by atoms with Crippen LogP contribution in [0.5, 0.6) is 0 Å². The highest BCUT2D eigenvalue weighted by atomic mass is 16.1. The molecule has 7 heteroatoms. The highest BCUT2D eigenvalue weighted by molar-refractivity contribution is 5.53. The van der Waals surface area contributed by atoms with E-state index < -0.39 is 0 Å². The number of H-pyrrole nitrogens is 2. The van der Waals surface area contributed by atoms with Crippen LogP contribution in [0.3, 0.4) is 0 Å². The average molecular weight is 326 g/mol. The normalized spacial score (nSPS) is 15.1. The first kappa shape index (κ1) is 15.0. The smallest absolute Gasteiger partial charge is 0.267 e. The van der Waals surface area contributed by atoms with E-state index >= 15 is 0 Å². The highest BCUT2D eigenvalue weighted by Crippen LogP contribution is 2.24. The molecule has 0 bridgehead atoms. The minimum absolute atomic E-state index is 0.00419. The first-order valence-electron chi connectivity index (χ1n) is 8.43. The highest BCUT2D eigenvalue weighted by Gasteiger charge is 2.21. The van der Waals surface area contributed by atoms with Gasteiger partial charge in [-0.1, -0.05) is 13.8 Å². The lowest BCUT2D eigenvalue weighted by Crippen LogP contribution is -2.29. The number of fused-ring (bicyclic) bond motifs is 2. The fourth-order valence-electron chi connectivity index (χ4n) is 3.35. The molecule has 3 aromatic rings. The fraction of sp³-hybridized carbons (Fsp3) is 0.471.